The largest absolute Gasteiger partial charge is 0.461 e. The fourth-order valence-corrected chi connectivity index (χ4v) is 2.25. The number of nitrogens with one attached hydrogen (secondary N) is 1. The smallest absolute Gasteiger partial charge is 0.295 e. The van der Waals surface area contributed by atoms with Crippen molar-refractivity contribution in [1.82, 2.24) is 10.2 Å². The first kappa shape index (κ1) is 15.2. The van der Waals surface area contributed by atoms with E-state index < -0.39 is 11.7 Å². The molecule has 1 atom stereocenters. The average Bonchev–Trinajstić information content (AvgIpc) is 3.11. The van der Waals surface area contributed by atoms with E-state index in [4.69, 9.17) is 9.15 Å². The predicted octanol–water partition coefficient (Wildman–Crippen LogP) is 0.0734. The Morgan fingerprint density at radius 1 is 1.52 bits per heavy atom. The summed E-state index contributed by atoms with van der Waals surface area (Å²) in [6, 6.07) is 2.98. The van der Waals surface area contributed by atoms with Crippen molar-refractivity contribution in [3.63, 3.8) is 0 Å². The van der Waals surface area contributed by atoms with Crippen LogP contribution in [0.4, 0.5) is 0 Å². The van der Waals surface area contributed by atoms with Crippen LogP contribution in [-0.4, -0.2) is 55.8 Å². The van der Waals surface area contributed by atoms with Crippen LogP contribution in [0.15, 0.2) is 22.8 Å². The van der Waals surface area contributed by atoms with Crippen molar-refractivity contribution < 1.29 is 23.5 Å². The molecule has 7 heteroatoms. The van der Waals surface area contributed by atoms with Gasteiger partial charge in [-0.2, -0.15) is 0 Å². The van der Waals surface area contributed by atoms with Crippen LogP contribution in [0.25, 0.3) is 0 Å². The van der Waals surface area contributed by atoms with Gasteiger partial charge in [-0.1, -0.05) is 0 Å². The summed E-state index contributed by atoms with van der Waals surface area (Å²) in [6.07, 6.45) is 1.71. The van der Waals surface area contributed by atoms with Crippen LogP contribution in [0.3, 0.4) is 0 Å². The minimum atomic E-state index is -0.715. The van der Waals surface area contributed by atoms with E-state index >= 15 is 0 Å². The first-order chi connectivity index (χ1) is 10.1. The summed E-state index contributed by atoms with van der Waals surface area (Å²) in [4.78, 5) is 36.8. The second kappa shape index (κ2) is 7.03. The zero-order valence-electron chi connectivity index (χ0n) is 11.8. The molecule has 0 radical (unpaired) electrons. The number of amides is 2. The van der Waals surface area contributed by atoms with Crippen LogP contribution in [0.5, 0.6) is 0 Å². The van der Waals surface area contributed by atoms with Crippen LogP contribution in [0.1, 0.15) is 17.0 Å². The standard InChI is InChI=1S/C14H18N2O5/c1-20-6-4-16-9-10(7-12(16)17)8-15-14(19)13(18)11-3-2-5-21-11/h2-3,5,10H,4,6-9H2,1H3,(H,15,19). The number of ketones is 1. The lowest BCUT2D eigenvalue weighted by atomic mass is 10.1. The normalized spacial score (nSPS) is 18.0. The second-order valence-corrected chi connectivity index (χ2v) is 4.92. The number of rotatable bonds is 7. The monoisotopic (exact) mass is 294 g/mol. The molecule has 1 fully saturated rings. The third kappa shape index (κ3) is 3.91. The van der Waals surface area contributed by atoms with Crippen molar-refractivity contribution in [2.45, 2.75) is 6.42 Å². The molecule has 2 amide bonds. The van der Waals surface area contributed by atoms with Gasteiger partial charge in [0.15, 0.2) is 5.76 Å². The lowest BCUT2D eigenvalue weighted by molar-refractivity contribution is -0.128. The Morgan fingerprint density at radius 2 is 2.33 bits per heavy atom. The van der Waals surface area contributed by atoms with Crippen molar-refractivity contribution in [2.24, 2.45) is 5.92 Å². The van der Waals surface area contributed by atoms with E-state index in [0.717, 1.165) is 0 Å². The van der Waals surface area contributed by atoms with Gasteiger partial charge in [-0.05, 0) is 12.1 Å². The maximum absolute atomic E-state index is 11.7. The molecule has 1 aromatic rings. The second-order valence-electron chi connectivity index (χ2n) is 4.92. The highest BCUT2D eigenvalue weighted by Gasteiger charge is 2.30. The van der Waals surface area contributed by atoms with E-state index in [1.807, 2.05) is 0 Å². The van der Waals surface area contributed by atoms with E-state index in [9.17, 15) is 14.4 Å². The predicted molar refractivity (Wildman–Crippen MR) is 72.6 cm³/mol. The number of furan rings is 1. The highest BCUT2D eigenvalue weighted by Crippen LogP contribution is 2.16. The first-order valence-electron chi connectivity index (χ1n) is 6.74. The Kier molecular flexibility index (Phi) is 5.10. The van der Waals surface area contributed by atoms with Gasteiger partial charge < -0.3 is 19.4 Å². The summed E-state index contributed by atoms with van der Waals surface area (Å²) < 4.78 is 9.82. The fraction of sp³-hybridized carbons (Fsp3) is 0.500. The molecule has 1 saturated heterocycles. The summed E-state index contributed by atoms with van der Waals surface area (Å²) in [5, 5.41) is 2.55. The Hall–Kier alpha value is -2.15. The van der Waals surface area contributed by atoms with E-state index in [1.54, 1.807) is 18.1 Å². The highest BCUT2D eigenvalue weighted by molar-refractivity contribution is 6.42. The third-order valence-corrected chi connectivity index (χ3v) is 3.36. The molecule has 2 rings (SSSR count). The first-order valence-corrected chi connectivity index (χ1v) is 6.74. The van der Waals surface area contributed by atoms with Crippen molar-refractivity contribution >= 4 is 17.6 Å². The number of carbonyl (C=O) groups is 3. The van der Waals surface area contributed by atoms with Gasteiger partial charge in [0.1, 0.15) is 0 Å². The fourth-order valence-electron chi connectivity index (χ4n) is 2.25. The molecule has 1 aromatic heterocycles. The zero-order chi connectivity index (χ0) is 15.2. The molecule has 0 aromatic carbocycles. The molecule has 0 bridgehead atoms. The van der Waals surface area contributed by atoms with Crippen LogP contribution >= 0.6 is 0 Å². The molecule has 0 spiro atoms. The number of carbonyl (C=O) groups excluding carboxylic acids is 3. The Morgan fingerprint density at radius 3 is 3.00 bits per heavy atom. The zero-order valence-corrected chi connectivity index (χ0v) is 11.8. The van der Waals surface area contributed by atoms with E-state index in [2.05, 4.69) is 5.32 Å². The van der Waals surface area contributed by atoms with Gasteiger partial charge in [-0.3, -0.25) is 14.4 Å². The molecule has 1 unspecified atom stereocenters. The summed E-state index contributed by atoms with van der Waals surface area (Å²) in [6.45, 7) is 1.89. The number of likely N-dealkylation sites (tertiary alicyclic amines) is 1. The minimum absolute atomic E-state index is 0.0109. The average molecular weight is 294 g/mol. The molecule has 1 aliphatic rings. The van der Waals surface area contributed by atoms with E-state index in [-0.39, 0.29) is 17.6 Å². The Bertz CT molecular complexity index is 511. The minimum Gasteiger partial charge on any atom is -0.461 e. The van der Waals surface area contributed by atoms with Gasteiger partial charge in [0.25, 0.3) is 11.7 Å². The molecular weight excluding hydrogens is 276 g/mol. The molecule has 0 saturated carbocycles. The van der Waals surface area contributed by atoms with E-state index in [1.165, 1.54) is 12.3 Å². The van der Waals surface area contributed by atoms with Crippen LogP contribution < -0.4 is 5.32 Å². The molecule has 0 aliphatic carbocycles. The Balaban J connectivity index is 1.77. The SMILES string of the molecule is COCCN1CC(CNC(=O)C(=O)c2ccco2)CC1=O. The van der Waals surface area contributed by atoms with Crippen molar-refractivity contribution in [2.75, 3.05) is 33.4 Å². The van der Waals surface area contributed by atoms with Crippen LogP contribution in [-0.2, 0) is 14.3 Å². The van der Waals surface area contributed by atoms with Gasteiger partial charge in [0, 0.05) is 39.1 Å². The van der Waals surface area contributed by atoms with Gasteiger partial charge in [0.05, 0.1) is 12.9 Å². The lowest BCUT2D eigenvalue weighted by Crippen LogP contribution is -2.36. The summed E-state index contributed by atoms with van der Waals surface area (Å²) in [5.41, 5.74) is 0. The van der Waals surface area contributed by atoms with Crippen LogP contribution in [0, 0.1) is 5.92 Å². The van der Waals surface area contributed by atoms with Crippen molar-refractivity contribution in [1.29, 1.82) is 0 Å². The molecule has 1 aliphatic heterocycles. The molecule has 21 heavy (non-hydrogen) atoms. The molecular formula is C14H18N2O5. The quantitative estimate of drug-likeness (QED) is 0.568. The van der Waals surface area contributed by atoms with Crippen molar-refractivity contribution in [3.05, 3.63) is 24.2 Å². The van der Waals surface area contributed by atoms with Crippen molar-refractivity contribution in [3.8, 4) is 0 Å². The summed E-state index contributed by atoms with van der Waals surface area (Å²) in [7, 11) is 1.58. The number of methoxy groups -OCH3 is 1. The maximum atomic E-state index is 11.7. The molecule has 2 heterocycles. The maximum Gasteiger partial charge on any atom is 0.295 e. The Labute approximate surface area is 122 Å². The third-order valence-electron chi connectivity index (χ3n) is 3.36. The number of ether oxygens (including phenoxy) is 1. The van der Waals surface area contributed by atoms with Gasteiger partial charge in [-0.15, -0.1) is 0 Å². The van der Waals surface area contributed by atoms with Gasteiger partial charge >= 0.3 is 0 Å². The molecule has 114 valence electrons. The molecule has 7 nitrogen and oxygen atoms in total. The summed E-state index contributed by atoms with van der Waals surface area (Å²) in [5.74, 6) is -1.35. The molecule has 1 N–H and O–H groups in total. The summed E-state index contributed by atoms with van der Waals surface area (Å²) >= 11 is 0. The topological polar surface area (TPSA) is 88.8 Å². The number of Topliss-reactive ketones (excluding diaryl/α,β-unsaturated/α-hetero) is 1. The van der Waals surface area contributed by atoms with E-state index in [0.29, 0.717) is 32.7 Å². The van der Waals surface area contributed by atoms with Gasteiger partial charge in [-0.25, -0.2) is 0 Å². The highest BCUT2D eigenvalue weighted by atomic mass is 16.5. The van der Waals surface area contributed by atoms with Gasteiger partial charge in [0.2, 0.25) is 5.91 Å². The van der Waals surface area contributed by atoms with Crippen LogP contribution in [0.2, 0.25) is 0 Å². The number of nitrogens with zero attached hydrogens (tertiary/aromatic N) is 1. The lowest BCUT2D eigenvalue weighted by Gasteiger charge is -2.15. The number of hydrogen-bond donors (Lipinski definition) is 1. The number of hydrogen-bond acceptors (Lipinski definition) is 5.